The second-order valence-electron chi connectivity index (χ2n) is 5.89. The van der Waals surface area contributed by atoms with Crippen LogP contribution in [0.2, 0.25) is 0 Å². The number of hydrogen-bond acceptors (Lipinski definition) is 2. The van der Waals surface area contributed by atoms with Crippen molar-refractivity contribution in [3.05, 3.63) is 65.2 Å². The lowest BCUT2D eigenvalue weighted by Gasteiger charge is -2.28. The first-order chi connectivity index (χ1) is 10.7. The van der Waals surface area contributed by atoms with Crippen molar-refractivity contribution >= 4 is 11.8 Å². The smallest absolute Gasteiger partial charge is 0.0672 e. The maximum Gasteiger partial charge on any atom is 0.0672 e. The van der Waals surface area contributed by atoms with Gasteiger partial charge in [0.25, 0.3) is 0 Å². The number of methoxy groups -OCH3 is 1. The summed E-state index contributed by atoms with van der Waals surface area (Å²) in [6, 6.07) is 17.6. The molecular formula is C20H22OS. The highest BCUT2D eigenvalue weighted by atomic mass is 32.2. The Hall–Kier alpha value is -1.51. The molecule has 0 bridgehead atoms. The van der Waals surface area contributed by atoms with Gasteiger partial charge in [-0.2, -0.15) is 0 Å². The zero-order chi connectivity index (χ0) is 15.5. The summed E-state index contributed by atoms with van der Waals surface area (Å²) in [5.41, 5.74) is 7.00. The van der Waals surface area contributed by atoms with Crippen molar-refractivity contribution < 1.29 is 4.74 Å². The van der Waals surface area contributed by atoms with Gasteiger partial charge in [0.1, 0.15) is 0 Å². The molecule has 1 aliphatic rings. The standard InChI is InChI=1S/C20H22OS/c1-14(15(2)13-21-3)12-20-18-10-5-4-8-16(18)17-9-6-7-11-19(17)22-20/h4-11,20H,12-13H2,1-3H3/b15-14-. The molecule has 0 saturated heterocycles. The van der Waals surface area contributed by atoms with Crippen molar-refractivity contribution in [3.63, 3.8) is 0 Å². The van der Waals surface area contributed by atoms with Crippen LogP contribution >= 0.6 is 11.8 Å². The third-order valence-electron chi connectivity index (χ3n) is 4.34. The molecule has 2 aromatic rings. The summed E-state index contributed by atoms with van der Waals surface area (Å²) in [6.45, 7) is 5.13. The maximum atomic E-state index is 5.27. The van der Waals surface area contributed by atoms with Gasteiger partial charge in [0.15, 0.2) is 0 Å². The van der Waals surface area contributed by atoms with E-state index in [-0.39, 0.29) is 0 Å². The fraction of sp³-hybridized carbons (Fsp3) is 0.300. The van der Waals surface area contributed by atoms with Gasteiger partial charge in [0, 0.05) is 17.3 Å². The van der Waals surface area contributed by atoms with Gasteiger partial charge in [-0.25, -0.2) is 0 Å². The quantitative estimate of drug-likeness (QED) is 0.653. The molecule has 114 valence electrons. The van der Waals surface area contributed by atoms with Crippen LogP contribution in [-0.2, 0) is 4.74 Å². The monoisotopic (exact) mass is 310 g/mol. The molecule has 3 rings (SSSR count). The largest absolute Gasteiger partial charge is 0.380 e. The summed E-state index contributed by atoms with van der Waals surface area (Å²) in [5, 5.41) is 0.484. The first kappa shape index (κ1) is 15.4. The van der Waals surface area contributed by atoms with Crippen LogP contribution in [0, 0.1) is 0 Å². The van der Waals surface area contributed by atoms with Gasteiger partial charge in [-0.05, 0) is 48.6 Å². The van der Waals surface area contributed by atoms with E-state index in [2.05, 4.69) is 62.4 Å². The third kappa shape index (κ3) is 2.99. The lowest BCUT2D eigenvalue weighted by molar-refractivity contribution is 0.225. The average Bonchev–Trinajstić information content (AvgIpc) is 2.55. The van der Waals surface area contributed by atoms with E-state index in [0.29, 0.717) is 5.25 Å². The highest BCUT2D eigenvalue weighted by Gasteiger charge is 2.25. The van der Waals surface area contributed by atoms with Crippen molar-refractivity contribution in [2.24, 2.45) is 0 Å². The molecule has 0 amide bonds. The van der Waals surface area contributed by atoms with Gasteiger partial charge < -0.3 is 4.74 Å². The Kier molecular flexibility index (Phi) is 4.70. The van der Waals surface area contributed by atoms with Gasteiger partial charge in [-0.1, -0.05) is 48.0 Å². The second kappa shape index (κ2) is 6.72. The number of benzene rings is 2. The van der Waals surface area contributed by atoms with Gasteiger partial charge >= 0.3 is 0 Å². The van der Waals surface area contributed by atoms with Gasteiger partial charge in [0.05, 0.1) is 6.61 Å². The molecule has 1 heterocycles. The SMILES string of the molecule is COC/C(C)=C(/C)CC1Sc2ccccc2-c2ccccc21. The minimum absolute atomic E-state index is 0.484. The summed E-state index contributed by atoms with van der Waals surface area (Å²) in [6.07, 6.45) is 1.07. The van der Waals surface area contributed by atoms with Crippen LogP contribution < -0.4 is 0 Å². The van der Waals surface area contributed by atoms with E-state index in [1.165, 1.54) is 32.7 Å². The highest BCUT2D eigenvalue weighted by molar-refractivity contribution is 7.99. The van der Waals surface area contributed by atoms with Crippen LogP contribution in [0.3, 0.4) is 0 Å². The molecule has 0 radical (unpaired) electrons. The van der Waals surface area contributed by atoms with E-state index in [1.54, 1.807) is 7.11 Å². The summed E-state index contributed by atoms with van der Waals surface area (Å²) in [4.78, 5) is 1.39. The molecule has 0 N–H and O–H groups in total. The molecule has 1 atom stereocenters. The molecule has 0 aromatic heterocycles. The number of thioether (sulfide) groups is 1. The van der Waals surface area contributed by atoms with Gasteiger partial charge in [-0.15, -0.1) is 11.8 Å². The molecule has 2 heteroatoms. The van der Waals surface area contributed by atoms with Crippen molar-refractivity contribution in [2.75, 3.05) is 13.7 Å². The fourth-order valence-electron chi connectivity index (χ4n) is 2.98. The second-order valence-corrected chi connectivity index (χ2v) is 7.13. The van der Waals surface area contributed by atoms with Crippen molar-refractivity contribution in [1.29, 1.82) is 0 Å². The van der Waals surface area contributed by atoms with E-state index in [0.717, 1.165) is 13.0 Å². The lowest BCUT2D eigenvalue weighted by atomic mass is 9.93. The Morgan fingerprint density at radius 3 is 2.41 bits per heavy atom. The normalized spacial score (nSPS) is 17.5. The molecule has 0 aliphatic carbocycles. The Balaban J connectivity index is 1.97. The predicted molar refractivity (Wildman–Crippen MR) is 95.3 cm³/mol. The van der Waals surface area contributed by atoms with E-state index in [1.807, 2.05) is 11.8 Å². The zero-order valence-electron chi connectivity index (χ0n) is 13.4. The summed E-state index contributed by atoms with van der Waals surface area (Å²) < 4.78 is 5.27. The first-order valence-corrected chi connectivity index (χ1v) is 8.58. The van der Waals surface area contributed by atoms with Crippen LogP contribution in [0.15, 0.2) is 64.6 Å². The number of ether oxygens (including phenoxy) is 1. The lowest BCUT2D eigenvalue weighted by Crippen LogP contribution is -2.05. The molecular weight excluding hydrogens is 288 g/mol. The zero-order valence-corrected chi connectivity index (χ0v) is 14.2. The number of hydrogen-bond donors (Lipinski definition) is 0. The summed E-state index contributed by atoms with van der Waals surface area (Å²) >= 11 is 1.99. The van der Waals surface area contributed by atoms with E-state index in [4.69, 9.17) is 4.74 Å². The molecule has 1 aliphatic heterocycles. The summed E-state index contributed by atoms with van der Waals surface area (Å²) in [5.74, 6) is 0. The molecule has 0 spiro atoms. The van der Waals surface area contributed by atoms with Crippen molar-refractivity contribution in [2.45, 2.75) is 30.4 Å². The van der Waals surface area contributed by atoms with Crippen molar-refractivity contribution in [3.8, 4) is 11.1 Å². The van der Waals surface area contributed by atoms with Crippen LogP contribution in [0.1, 0.15) is 31.1 Å². The van der Waals surface area contributed by atoms with Crippen LogP contribution in [0.4, 0.5) is 0 Å². The van der Waals surface area contributed by atoms with E-state index >= 15 is 0 Å². The summed E-state index contributed by atoms with van der Waals surface area (Å²) in [7, 11) is 1.76. The topological polar surface area (TPSA) is 9.23 Å². The molecule has 22 heavy (non-hydrogen) atoms. The number of allylic oxidation sites excluding steroid dienone is 1. The Labute approximate surface area is 137 Å². The van der Waals surface area contributed by atoms with E-state index < -0.39 is 0 Å². The van der Waals surface area contributed by atoms with Gasteiger partial charge in [0.2, 0.25) is 0 Å². The predicted octanol–water partition coefficient (Wildman–Crippen LogP) is 5.87. The Morgan fingerprint density at radius 1 is 0.955 bits per heavy atom. The highest BCUT2D eigenvalue weighted by Crippen LogP contribution is 2.51. The molecule has 1 nitrogen and oxygen atoms in total. The molecule has 2 aromatic carbocycles. The average molecular weight is 310 g/mol. The number of fused-ring (bicyclic) bond motifs is 3. The minimum atomic E-state index is 0.484. The molecule has 0 saturated carbocycles. The van der Waals surface area contributed by atoms with Crippen molar-refractivity contribution in [1.82, 2.24) is 0 Å². The third-order valence-corrected chi connectivity index (χ3v) is 5.65. The van der Waals surface area contributed by atoms with Crippen LogP contribution in [-0.4, -0.2) is 13.7 Å². The maximum absolute atomic E-state index is 5.27. The van der Waals surface area contributed by atoms with Crippen LogP contribution in [0.5, 0.6) is 0 Å². The van der Waals surface area contributed by atoms with E-state index in [9.17, 15) is 0 Å². The minimum Gasteiger partial charge on any atom is -0.380 e. The molecule has 1 unspecified atom stereocenters. The fourth-order valence-corrected chi connectivity index (χ4v) is 4.41. The first-order valence-electron chi connectivity index (χ1n) is 7.70. The van der Waals surface area contributed by atoms with Gasteiger partial charge in [-0.3, -0.25) is 0 Å². The Morgan fingerprint density at radius 2 is 1.64 bits per heavy atom. The van der Waals surface area contributed by atoms with Crippen LogP contribution in [0.25, 0.3) is 11.1 Å². The number of rotatable bonds is 4. The Bertz CT molecular complexity index is 702. The molecule has 0 fully saturated rings.